The van der Waals surface area contributed by atoms with Gasteiger partial charge in [0, 0.05) is 45.2 Å². The van der Waals surface area contributed by atoms with E-state index in [1.807, 2.05) is 18.3 Å². The summed E-state index contributed by atoms with van der Waals surface area (Å²) in [7, 11) is 0. The lowest BCUT2D eigenvalue weighted by Crippen LogP contribution is -2.76. The summed E-state index contributed by atoms with van der Waals surface area (Å²) in [4.78, 5) is 33.1. The molecule has 4 saturated heterocycles. The van der Waals surface area contributed by atoms with Crippen LogP contribution in [0.1, 0.15) is 44.9 Å². The maximum absolute atomic E-state index is 12.8. The molecule has 5 rings (SSSR count). The highest BCUT2D eigenvalue weighted by Crippen LogP contribution is 2.26. The molecule has 0 aliphatic carbocycles. The Hall–Kier alpha value is -2.47. The number of rotatable bonds is 6. The Labute approximate surface area is 206 Å². The predicted octanol–water partition coefficient (Wildman–Crippen LogP) is 0.482. The van der Waals surface area contributed by atoms with Gasteiger partial charge >= 0.3 is 5.97 Å². The standard InChI is InChI=1S/C24H38N8O3/c33-20(34)13-16-7-11-31(12-8-16)19-6-5-17(14-25-19)27-22-21-18(15-26-30-23(21)35)28-24(29-22)32-9-3-1-2-4-10-32/h5-6,14,16,18,21-22,24,26-29H,1-4,7-13,15H2,(H,30,35)(H,33,34). The average Bonchev–Trinajstić information content (AvgIpc) is 3.14. The molecule has 4 aliphatic rings. The second-order valence-corrected chi connectivity index (χ2v) is 10.2. The van der Waals surface area contributed by atoms with Gasteiger partial charge in [0.25, 0.3) is 0 Å². The lowest BCUT2D eigenvalue weighted by Gasteiger charge is -2.48. The molecule has 192 valence electrons. The van der Waals surface area contributed by atoms with Crippen molar-refractivity contribution in [2.75, 3.05) is 42.9 Å². The first-order valence-electron chi connectivity index (χ1n) is 13.0. The average molecular weight is 487 g/mol. The number of hydrogen-bond donors (Lipinski definition) is 6. The summed E-state index contributed by atoms with van der Waals surface area (Å²) < 4.78 is 0. The van der Waals surface area contributed by atoms with E-state index in [2.05, 4.69) is 41.6 Å². The molecule has 0 bridgehead atoms. The van der Waals surface area contributed by atoms with Crippen molar-refractivity contribution in [1.29, 1.82) is 0 Å². The lowest BCUT2D eigenvalue weighted by atomic mass is 9.91. The third kappa shape index (κ3) is 5.85. The number of carbonyl (C=O) groups excluding carboxylic acids is 1. The summed E-state index contributed by atoms with van der Waals surface area (Å²) in [6.45, 7) is 4.42. The molecule has 4 unspecified atom stereocenters. The predicted molar refractivity (Wildman–Crippen MR) is 132 cm³/mol. The van der Waals surface area contributed by atoms with Crippen molar-refractivity contribution < 1.29 is 14.7 Å². The van der Waals surface area contributed by atoms with E-state index < -0.39 is 5.97 Å². The number of piperidine rings is 1. The lowest BCUT2D eigenvalue weighted by molar-refractivity contribution is -0.138. The number of aromatic nitrogens is 1. The summed E-state index contributed by atoms with van der Waals surface area (Å²) in [6, 6.07) is 4.05. The molecular formula is C24H38N8O3. The van der Waals surface area contributed by atoms with Gasteiger partial charge in [-0.05, 0) is 43.7 Å². The fraction of sp³-hybridized carbons (Fsp3) is 0.708. The highest BCUT2D eigenvalue weighted by atomic mass is 16.4. The zero-order valence-electron chi connectivity index (χ0n) is 20.2. The molecule has 0 saturated carbocycles. The molecular weight excluding hydrogens is 448 g/mol. The van der Waals surface area contributed by atoms with Crippen LogP contribution in [-0.2, 0) is 9.59 Å². The quantitative estimate of drug-likeness (QED) is 0.337. The molecule has 11 heteroatoms. The Balaban J connectivity index is 1.24. The number of nitrogens with one attached hydrogen (secondary N) is 5. The fourth-order valence-corrected chi connectivity index (χ4v) is 5.86. The van der Waals surface area contributed by atoms with Crippen molar-refractivity contribution in [3.8, 4) is 0 Å². The maximum atomic E-state index is 12.8. The monoisotopic (exact) mass is 486 g/mol. The molecule has 0 spiro atoms. The van der Waals surface area contributed by atoms with E-state index in [1.54, 1.807) is 0 Å². The van der Waals surface area contributed by atoms with E-state index in [0.29, 0.717) is 6.54 Å². The van der Waals surface area contributed by atoms with Crippen LogP contribution in [0.4, 0.5) is 11.5 Å². The maximum Gasteiger partial charge on any atom is 0.303 e. The summed E-state index contributed by atoms with van der Waals surface area (Å²) in [5.74, 6) is 0.153. The van der Waals surface area contributed by atoms with Gasteiger partial charge < -0.3 is 15.3 Å². The number of anilines is 2. The molecule has 1 aromatic heterocycles. The Morgan fingerprint density at radius 2 is 1.86 bits per heavy atom. The van der Waals surface area contributed by atoms with Crippen molar-refractivity contribution >= 4 is 23.4 Å². The van der Waals surface area contributed by atoms with E-state index in [4.69, 9.17) is 5.11 Å². The van der Waals surface area contributed by atoms with Crippen LogP contribution in [0.25, 0.3) is 0 Å². The molecule has 0 aromatic carbocycles. The molecule has 0 radical (unpaired) electrons. The molecule has 35 heavy (non-hydrogen) atoms. The molecule has 6 N–H and O–H groups in total. The second kappa shape index (κ2) is 11.1. The number of aliphatic carboxylic acids is 1. The van der Waals surface area contributed by atoms with Crippen molar-refractivity contribution in [1.82, 2.24) is 31.4 Å². The fourth-order valence-electron chi connectivity index (χ4n) is 5.86. The molecule has 11 nitrogen and oxygen atoms in total. The number of likely N-dealkylation sites (tertiary alicyclic amines) is 1. The highest BCUT2D eigenvalue weighted by Gasteiger charge is 2.45. The van der Waals surface area contributed by atoms with Crippen LogP contribution in [0, 0.1) is 11.8 Å². The number of amides is 1. The van der Waals surface area contributed by atoms with Crippen molar-refractivity contribution in [3.05, 3.63) is 18.3 Å². The number of carboxylic acid groups (broad SMARTS) is 1. The van der Waals surface area contributed by atoms with Gasteiger partial charge in [-0.1, -0.05) is 12.8 Å². The number of fused-ring (bicyclic) bond motifs is 1. The van der Waals surface area contributed by atoms with Gasteiger partial charge in [0.2, 0.25) is 5.91 Å². The summed E-state index contributed by atoms with van der Waals surface area (Å²) in [5.41, 5.74) is 6.68. The molecule has 1 amide bonds. The van der Waals surface area contributed by atoms with Gasteiger partial charge in [-0.2, -0.15) is 0 Å². The van der Waals surface area contributed by atoms with Crippen molar-refractivity contribution in [2.45, 2.75) is 63.4 Å². The highest BCUT2D eigenvalue weighted by molar-refractivity contribution is 5.81. The van der Waals surface area contributed by atoms with E-state index in [0.717, 1.165) is 50.5 Å². The van der Waals surface area contributed by atoms with Gasteiger partial charge in [0.05, 0.1) is 24.0 Å². The SMILES string of the molecule is O=C(O)CC1CCN(c2ccc(NC3NC(N4CCCCCC4)NC4CNNC(=O)C43)cn2)CC1. The zero-order valence-corrected chi connectivity index (χ0v) is 20.2. The van der Waals surface area contributed by atoms with E-state index in [1.165, 1.54) is 25.7 Å². The molecule has 4 fully saturated rings. The van der Waals surface area contributed by atoms with Gasteiger partial charge in [-0.15, -0.1) is 0 Å². The Kier molecular flexibility index (Phi) is 7.66. The van der Waals surface area contributed by atoms with Crippen LogP contribution in [-0.4, -0.2) is 78.1 Å². The minimum absolute atomic E-state index is 0.0129. The summed E-state index contributed by atoms with van der Waals surface area (Å²) in [6.07, 6.45) is 8.55. The summed E-state index contributed by atoms with van der Waals surface area (Å²) >= 11 is 0. The zero-order chi connectivity index (χ0) is 24.2. The first-order valence-corrected chi connectivity index (χ1v) is 13.0. The van der Waals surface area contributed by atoms with E-state index >= 15 is 0 Å². The summed E-state index contributed by atoms with van der Waals surface area (Å²) in [5, 5.41) is 19.9. The minimum Gasteiger partial charge on any atom is -0.481 e. The van der Waals surface area contributed by atoms with Gasteiger partial charge in [0.1, 0.15) is 12.1 Å². The largest absolute Gasteiger partial charge is 0.481 e. The first-order chi connectivity index (χ1) is 17.1. The number of pyridine rings is 1. The van der Waals surface area contributed by atoms with Crippen LogP contribution in [0.2, 0.25) is 0 Å². The first kappa shape index (κ1) is 24.2. The minimum atomic E-state index is -0.716. The Morgan fingerprint density at radius 1 is 1.09 bits per heavy atom. The number of carbonyl (C=O) groups is 2. The van der Waals surface area contributed by atoms with Crippen LogP contribution in [0.3, 0.4) is 0 Å². The molecule has 1 aromatic rings. The number of carboxylic acids is 1. The van der Waals surface area contributed by atoms with Crippen LogP contribution >= 0.6 is 0 Å². The topological polar surface area (TPSA) is 134 Å². The van der Waals surface area contributed by atoms with Crippen molar-refractivity contribution in [3.63, 3.8) is 0 Å². The van der Waals surface area contributed by atoms with Crippen molar-refractivity contribution in [2.24, 2.45) is 11.8 Å². The third-order valence-electron chi connectivity index (χ3n) is 7.82. The molecule has 5 heterocycles. The van der Waals surface area contributed by atoms with Gasteiger partial charge in [-0.3, -0.25) is 30.5 Å². The number of hydrazine groups is 1. The van der Waals surface area contributed by atoms with Gasteiger partial charge in [-0.25, -0.2) is 10.4 Å². The second-order valence-electron chi connectivity index (χ2n) is 10.2. The van der Waals surface area contributed by atoms with Crippen LogP contribution in [0.15, 0.2) is 18.3 Å². The molecule has 4 aliphatic heterocycles. The van der Waals surface area contributed by atoms with E-state index in [9.17, 15) is 9.59 Å². The van der Waals surface area contributed by atoms with Crippen LogP contribution < -0.4 is 31.7 Å². The normalized spacial score (nSPS) is 30.7. The number of hydrogen-bond acceptors (Lipinski definition) is 9. The Morgan fingerprint density at radius 3 is 2.54 bits per heavy atom. The van der Waals surface area contributed by atoms with Crippen LogP contribution in [0.5, 0.6) is 0 Å². The van der Waals surface area contributed by atoms with Gasteiger partial charge in [0.15, 0.2) is 0 Å². The Bertz CT molecular complexity index is 868. The number of nitrogens with zero attached hydrogens (tertiary/aromatic N) is 3. The van der Waals surface area contributed by atoms with E-state index in [-0.39, 0.29) is 42.7 Å². The third-order valence-corrected chi connectivity index (χ3v) is 7.82. The molecule has 4 atom stereocenters. The smallest absolute Gasteiger partial charge is 0.303 e.